The zero-order chi connectivity index (χ0) is 28.4. The number of hydrogen-bond acceptors (Lipinski definition) is 14. The molecular weight excluding hydrogens is 514 g/mol. The summed E-state index contributed by atoms with van der Waals surface area (Å²) in [6.07, 6.45) is -12.1. The van der Waals surface area contributed by atoms with E-state index in [1.54, 1.807) is 6.07 Å². The lowest BCUT2D eigenvalue weighted by Crippen LogP contribution is -2.61. The number of carbonyl (C=O) groups is 3. The molecule has 2 rings (SSSR count). The second-order valence-electron chi connectivity index (χ2n) is 8.20. The van der Waals surface area contributed by atoms with Crippen LogP contribution in [0, 0.1) is 0 Å². The van der Waals surface area contributed by atoms with Crippen LogP contribution in [-0.2, 0) is 19.1 Å². The zero-order valence-electron chi connectivity index (χ0n) is 19.8. The lowest BCUT2D eigenvalue weighted by atomic mass is 9.98. The smallest absolute Gasteiger partial charge is 0.267 e. The van der Waals surface area contributed by atoms with Crippen LogP contribution in [0.25, 0.3) is 6.08 Å². The first-order chi connectivity index (χ1) is 18.0. The zero-order valence-corrected chi connectivity index (χ0v) is 19.8. The molecular formula is C22H31N3O13. The maximum atomic E-state index is 12.5. The third kappa shape index (κ3) is 8.32. The number of aliphatic hydroxyl groups is 7. The predicted molar refractivity (Wildman–Crippen MR) is 124 cm³/mol. The van der Waals surface area contributed by atoms with E-state index in [1.807, 2.05) is 0 Å². The first kappa shape index (κ1) is 31.3. The Balaban J connectivity index is 1.98. The van der Waals surface area contributed by atoms with Crippen LogP contribution in [-0.4, -0.2) is 127 Å². The number of hydrogen-bond donors (Lipinski definition) is 11. The molecule has 0 saturated carbocycles. The Morgan fingerprint density at radius 3 is 2.42 bits per heavy atom. The Bertz CT molecular complexity index is 976. The number of ketones is 1. The summed E-state index contributed by atoms with van der Waals surface area (Å²) in [7, 11) is 0. The molecule has 1 aromatic carbocycles. The number of hydroxylamine groups is 1. The number of Topliss-reactive ketones (excluding diaryl/α,β-unsaturated/α-hetero) is 1. The van der Waals surface area contributed by atoms with Gasteiger partial charge in [0.05, 0.1) is 19.8 Å². The Morgan fingerprint density at radius 2 is 1.79 bits per heavy atom. The van der Waals surface area contributed by atoms with Gasteiger partial charge in [0.2, 0.25) is 0 Å². The van der Waals surface area contributed by atoms with Gasteiger partial charge in [0.1, 0.15) is 42.7 Å². The Labute approximate surface area is 215 Å². The summed E-state index contributed by atoms with van der Waals surface area (Å²) >= 11 is 0. The van der Waals surface area contributed by atoms with Gasteiger partial charge in [-0.3, -0.25) is 25.0 Å². The molecule has 2 amide bonds. The normalized spacial score (nSPS) is 25.9. The molecule has 1 aliphatic heterocycles. The molecule has 0 unspecified atom stereocenters. The molecule has 1 aromatic rings. The molecule has 38 heavy (non-hydrogen) atoms. The fourth-order valence-electron chi connectivity index (χ4n) is 3.38. The number of rotatable bonds is 13. The molecule has 8 atom stereocenters. The third-order valence-corrected chi connectivity index (χ3v) is 5.50. The molecule has 212 valence electrons. The average Bonchev–Trinajstić information content (AvgIpc) is 2.93. The Morgan fingerprint density at radius 1 is 1.08 bits per heavy atom. The Hall–Kier alpha value is -2.87. The highest BCUT2D eigenvalue weighted by molar-refractivity contribution is 5.95. The van der Waals surface area contributed by atoms with E-state index < -0.39 is 86.4 Å². The van der Waals surface area contributed by atoms with Crippen LogP contribution in [0.4, 0.5) is 0 Å². The number of hydrazine groups is 1. The summed E-state index contributed by atoms with van der Waals surface area (Å²) in [5.74, 6) is -2.50. The molecule has 0 aromatic heterocycles. The summed E-state index contributed by atoms with van der Waals surface area (Å²) in [5.41, 5.74) is 6.48. The monoisotopic (exact) mass is 545 g/mol. The van der Waals surface area contributed by atoms with Crippen molar-refractivity contribution >= 4 is 23.7 Å². The average molecular weight is 545 g/mol. The van der Waals surface area contributed by atoms with E-state index in [1.165, 1.54) is 29.8 Å². The lowest BCUT2D eigenvalue weighted by Gasteiger charge is -2.41. The highest BCUT2D eigenvalue weighted by Gasteiger charge is 2.46. The summed E-state index contributed by atoms with van der Waals surface area (Å²) in [6.45, 7) is -2.45. The van der Waals surface area contributed by atoms with E-state index in [2.05, 4.69) is 10.9 Å². The van der Waals surface area contributed by atoms with Gasteiger partial charge in [-0.15, -0.1) is 0 Å². The van der Waals surface area contributed by atoms with Crippen LogP contribution in [0.2, 0.25) is 0 Å². The molecule has 16 nitrogen and oxygen atoms in total. The van der Waals surface area contributed by atoms with Crippen molar-refractivity contribution in [2.45, 2.75) is 49.0 Å². The molecule has 0 aliphatic carbocycles. The highest BCUT2D eigenvalue weighted by Crippen LogP contribution is 2.24. The van der Waals surface area contributed by atoms with Crippen molar-refractivity contribution < 1.29 is 64.8 Å². The molecule has 11 N–H and O–H groups in total. The maximum absolute atomic E-state index is 12.5. The van der Waals surface area contributed by atoms with E-state index in [-0.39, 0.29) is 5.56 Å². The molecule has 1 heterocycles. The summed E-state index contributed by atoms with van der Waals surface area (Å²) in [6, 6.07) is 5.92. The number of benzene rings is 1. The second-order valence-corrected chi connectivity index (χ2v) is 8.20. The van der Waals surface area contributed by atoms with Gasteiger partial charge in [-0.2, -0.15) is 0 Å². The predicted octanol–water partition coefficient (Wildman–Crippen LogP) is -5.09. The second kappa shape index (κ2) is 14.9. The van der Waals surface area contributed by atoms with Gasteiger partial charge >= 0.3 is 0 Å². The fourth-order valence-corrected chi connectivity index (χ4v) is 3.38. The van der Waals surface area contributed by atoms with Crippen molar-refractivity contribution in [1.29, 1.82) is 0 Å². The van der Waals surface area contributed by atoms with Crippen molar-refractivity contribution in [2.24, 2.45) is 0 Å². The summed E-state index contributed by atoms with van der Waals surface area (Å²) in [5, 5.41) is 77.4. The van der Waals surface area contributed by atoms with Crippen LogP contribution in [0.1, 0.15) is 15.9 Å². The van der Waals surface area contributed by atoms with Crippen LogP contribution in [0.15, 0.2) is 30.3 Å². The van der Waals surface area contributed by atoms with Crippen molar-refractivity contribution in [3.63, 3.8) is 0 Å². The van der Waals surface area contributed by atoms with E-state index in [0.29, 0.717) is 5.56 Å². The van der Waals surface area contributed by atoms with Gasteiger partial charge in [-0.1, -0.05) is 12.1 Å². The molecule has 0 radical (unpaired) electrons. The van der Waals surface area contributed by atoms with E-state index >= 15 is 0 Å². The summed E-state index contributed by atoms with van der Waals surface area (Å²) in [4.78, 5) is 35.9. The van der Waals surface area contributed by atoms with E-state index in [0.717, 1.165) is 6.08 Å². The van der Waals surface area contributed by atoms with Crippen molar-refractivity contribution in [3.8, 4) is 0 Å². The largest absolute Gasteiger partial charge is 0.394 e. The van der Waals surface area contributed by atoms with Gasteiger partial charge < -0.3 is 45.2 Å². The standard InChI is InChI=1S/C22H31N3O13/c26-8-13(29)20(38-22-19(34)18(33)17(32)14(9-27)37-22)16(31)12(28)7-23-24-21(35)11-3-1-2-10(6-11)4-5-15(30)25-36/h1-6,13-14,16-20,22-23,26-27,29,31-34,36H,7-9H2,(H,24,35)(H,25,30)/b5-4+/t13-,14-,16-,17+,18+,19-,20+,22+/m1/s1. The lowest BCUT2D eigenvalue weighted by molar-refractivity contribution is -0.323. The molecule has 1 fully saturated rings. The highest BCUT2D eigenvalue weighted by atomic mass is 16.7. The number of aliphatic hydroxyl groups excluding tert-OH is 7. The molecule has 16 heteroatoms. The first-order valence-corrected chi connectivity index (χ1v) is 11.2. The maximum Gasteiger partial charge on any atom is 0.267 e. The van der Waals surface area contributed by atoms with Gasteiger partial charge in [-0.25, -0.2) is 10.9 Å². The Kier molecular flexibility index (Phi) is 12.3. The molecule has 0 spiro atoms. The van der Waals surface area contributed by atoms with Crippen LogP contribution < -0.4 is 16.3 Å². The number of carbonyl (C=O) groups excluding carboxylic acids is 3. The minimum Gasteiger partial charge on any atom is -0.394 e. The van der Waals surface area contributed by atoms with Gasteiger partial charge in [0.15, 0.2) is 12.1 Å². The van der Waals surface area contributed by atoms with E-state index in [4.69, 9.17) is 14.7 Å². The van der Waals surface area contributed by atoms with Gasteiger partial charge in [0, 0.05) is 11.6 Å². The SMILES string of the molecule is O=C(/C=C/c1cccc(C(=O)NNCC(=O)[C@@H](O)[C@@H](O[C@@H]2O[C@H](CO)[C@H](O)[C@H](O)[C@H]2O)[C@H](O)CO)c1)NO. The number of ether oxygens (including phenoxy) is 2. The van der Waals surface area contributed by atoms with Crippen LogP contribution in [0.3, 0.4) is 0 Å². The van der Waals surface area contributed by atoms with Crippen LogP contribution in [0.5, 0.6) is 0 Å². The van der Waals surface area contributed by atoms with E-state index in [9.17, 15) is 50.1 Å². The minimum absolute atomic E-state index is 0.122. The van der Waals surface area contributed by atoms with Crippen molar-refractivity contribution in [2.75, 3.05) is 19.8 Å². The molecule has 1 saturated heterocycles. The quantitative estimate of drug-likeness (QED) is 0.0629. The fraction of sp³-hybridized carbons (Fsp3) is 0.500. The molecule has 1 aliphatic rings. The summed E-state index contributed by atoms with van der Waals surface area (Å²) < 4.78 is 10.4. The van der Waals surface area contributed by atoms with Gasteiger partial charge in [0.25, 0.3) is 11.8 Å². The van der Waals surface area contributed by atoms with Crippen molar-refractivity contribution in [3.05, 3.63) is 41.5 Å². The third-order valence-electron chi connectivity index (χ3n) is 5.50. The number of amides is 2. The topological polar surface area (TPSA) is 268 Å². The van der Waals surface area contributed by atoms with Crippen LogP contribution >= 0.6 is 0 Å². The molecule has 0 bridgehead atoms. The van der Waals surface area contributed by atoms with Gasteiger partial charge in [-0.05, 0) is 23.8 Å². The minimum atomic E-state index is -2.12. The first-order valence-electron chi connectivity index (χ1n) is 11.2. The number of nitrogens with one attached hydrogen (secondary N) is 3. The van der Waals surface area contributed by atoms with Crippen molar-refractivity contribution in [1.82, 2.24) is 16.3 Å².